The molecule has 0 radical (unpaired) electrons. The third-order valence-corrected chi connectivity index (χ3v) is 4.61. The maximum Gasteiger partial charge on any atom is 0.255 e. The van der Waals surface area contributed by atoms with Gasteiger partial charge in [0.05, 0.1) is 31.0 Å². The Bertz CT molecular complexity index is 1110. The fraction of sp³-hybridized carbons (Fsp3) is 0.182. The van der Waals surface area contributed by atoms with Crippen LogP contribution in [0.25, 0.3) is 17.0 Å². The number of methoxy groups -OCH3 is 2. The average Bonchev–Trinajstić information content (AvgIpc) is 2.72. The van der Waals surface area contributed by atoms with Gasteiger partial charge in [-0.05, 0) is 31.2 Å². The van der Waals surface area contributed by atoms with Gasteiger partial charge in [-0.25, -0.2) is 0 Å². The predicted octanol–water partition coefficient (Wildman–Crippen LogP) is 3.97. The number of ether oxygens (including phenoxy) is 3. The van der Waals surface area contributed by atoms with Gasteiger partial charge in [0.25, 0.3) is 5.91 Å². The van der Waals surface area contributed by atoms with E-state index in [0.717, 1.165) is 27.8 Å². The van der Waals surface area contributed by atoms with E-state index < -0.39 is 0 Å². The van der Waals surface area contributed by atoms with Gasteiger partial charge < -0.3 is 19.5 Å². The molecule has 3 aromatic rings. The highest BCUT2D eigenvalue weighted by Crippen LogP contribution is 2.38. The molecule has 0 bridgehead atoms. The zero-order chi connectivity index (χ0) is 19.7. The minimum atomic E-state index is -0.212. The lowest BCUT2D eigenvalue weighted by Crippen LogP contribution is -2.21. The summed E-state index contributed by atoms with van der Waals surface area (Å²) in [6.07, 6.45) is 1.81. The van der Waals surface area contributed by atoms with Gasteiger partial charge in [-0.2, -0.15) is 0 Å². The molecule has 0 spiro atoms. The topological polar surface area (TPSA) is 69.7 Å². The number of nitrogens with one attached hydrogen (secondary N) is 1. The van der Waals surface area contributed by atoms with Crippen molar-refractivity contribution in [3.8, 4) is 17.2 Å². The Balaban J connectivity index is 1.66. The van der Waals surface area contributed by atoms with E-state index >= 15 is 0 Å². The Labute approximate surface area is 162 Å². The van der Waals surface area contributed by atoms with Crippen molar-refractivity contribution in [2.24, 2.45) is 0 Å². The quantitative estimate of drug-likeness (QED) is 0.746. The molecule has 0 fully saturated rings. The smallest absolute Gasteiger partial charge is 0.255 e. The van der Waals surface area contributed by atoms with Gasteiger partial charge in [0.1, 0.15) is 12.4 Å². The summed E-state index contributed by atoms with van der Waals surface area (Å²) in [4.78, 5) is 17.4. The van der Waals surface area contributed by atoms with Crippen LogP contribution in [0.3, 0.4) is 0 Å². The lowest BCUT2D eigenvalue weighted by molar-refractivity contribution is -0.113. The van der Waals surface area contributed by atoms with Crippen LogP contribution in [0.4, 0.5) is 5.69 Å². The van der Waals surface area contributed by atoms with Crippen LogP contribution in [0, 0.1) is 6.92 Å². The molecule has 1 N–H and O–H groups in total. The van der Waals surface area contributed by atoms with Crippen LogP contribution in [0.5, 0.6) is 17.2 Å². The van der Waals surface area contributed by atoms with Crippen molar-refractivity contribution < 1.29 is 19.0 Å². The number of aromatic nitrogens is 1. The second-order valence-corrected chi connectivity index (χ2v) is 6.49. The van der Waals surface area contributed by atoms with Gasteiger partial charge >= 0.3 is 0 Å². The monoisotopic (exact) mass is 376 g/mol. The normalized spacial score (nSPS) is 12.6. The molecule has 6 heteroatoms. The summed E-state index contributed by atoms with van der Waals surface area (Å²) >= 11 is 0. The SMILES string of the molecule is COc1cc2c(cc1OC)OCC(C(=O)Nc1cc(C)nc3ccccc13)=C2. The number of benzene rings is 2. The number of carbonyl (C=O) groups excluding carboxylic acids is 1. The Kier molecular flexibility index (Phi) is 4.61. The van der Waals surface area contributed by atoms with Crippen molar-refractivity contribution in [2.75, 3.05) is 26.1 Å². The third-order valence-electron chi connectivity index (χ3n) is 4.61. The van der Waals surface area contributed by atoms with E-state index in [1.54, 1.807) is 26.4 Å². The molecule has 0 atom stereocenters. The first-order valence-electron chi connectivity index (χ1n) is 8.86. The van der Waals surface area contributed by atoms with E-state index in [4.69, 9.17) is 14.2 Å². The number of anilines is 1. The van der Waals surface area contributed by atoms with Crippen LogP contribution in [0.1, 0.15) is 11.3 Å². The number of para-hydroxylation sites is 1. The van der Waals surface area contributed by atoms with Crippen molar-refractivity contribution in [3.05, 3.63) is 59.3 Å². The standard InChI is InChI=1S/C22H20N2O4/c1-13-8-18(16-6-4-5-7-17(16)23-13)24-22(25)15-9-14-10-20(26-2)21(27-3)11-19(14)28-12-15/h4-11H,12H2,1-3H3,(H,23,24,25). The molecule has 1 aromatic heterocycles. The van der Waals surface area contributed by atoms with E-state index in [0.29, 0.717) is 22.8 Å². The second-order valence-electron chi connectivity index (χ2n) is 6.49. The average molecular weight is 376 g/mol. The highest BCUT2D eigenvalue weighted by Gasteiger charge is 2.20. The zero-order valence-electron chi connectivity index (χ0n) is 15.9. The van der Waals surface area contributed by atoms with Crippen LogP contribution < -0.4 is 19.5 Å². The van der Waals surface area contributed by atoms with Gasteiger partial charge in [0.15, 0.2) is 11.5 Å². The number of aryl methyl sites for hydroxylation is 1. The fourth-order valence-corrected chi connectivity index (χ4v) is 3.24. The van der Waals surface area contributed by atoms with E-state index in [9.17, 15) is 4.79 Å². The molecule has 4 rings (SSSR count). The molecule has 2 heterocycles. The number of fused-ring (bicyclic) bond motifs is 2. The minimum Gasteiger partial charge on any atom is -0.493 e. The van der Waals surface area contributed by atoms with E-state index in [-0.39, 0.29) is 12.5 Å². The third kappa shape index (κ3) is 3.24. The van der Waals surface area contributed by atoms with Crippen molar-refractivity contribution in [3.63, 3.8) is 0 Å². The Morgan fingerprint density at radius 3 is 2.64 bits per heavy atom. The van der Waals surface area contributed by atoms with Crippen molar-refractivity contribution in [2.45, 2.75) is 6.92 Å². The van der Waals surface area contributed by atoms with Crippen molar-refractivity contribution >= 4 is 28.6 Å². The number of amides is 1. The first-order chi connectivity index (χ1) is 13.6. The molecule has 2 aromatic carbocycles. The molecule has 1 aliphatic rings. The first-order valence-corrected chi connectivity index (χ1v) is 8.86. The molecule has 0 unspecified atom stereocenters. The minimum absolute atomic E-state index is 0.177. The predicted molar refractivity (Wildman–Crippen MR) is 108 cm³/mol. The summed E-state index contributed by atoms with van der Waals surface area (Å²) < 4.78 is 16.4. The van der Waals surface area contributed by atoms with Crippen LogP contribution >= 0.6 is 0 Å². The summed E-state index contributed by atoms with van der Waals surface area (Å²) in [5, 5.41) is 3.89. The lowest BCUT2D eigenvalue weighted by Gasteiger charge is -2.20. The van der Waals surface area contributed by atoms with Gasteiger partial charge in [-0.1, -0.05) is 18.2 Å². The molecule has 0 aliphatic carbocycles. The fourth-order valence-electron chi connectivity index (χ4n) is 3.24. The molecule has 6 nitrogen and oxygen atoms in total. The number of hydrogen-bond acceptors (Lipinski definition) is 5. The van der Waals surface area contributed by atoms with Crippen LogP contribution in [0.15, 0.2) is 48.0 Å². The second kappa shape index (κ2) is 7.23. The Morgan fingerprint density at radius 2 is 1.86 bits per heavy atom. The highest BCUT2D eigenvalue weighted by atomic mass is 16.5. The number of hydrogen-bond donors (Lipinski definition) is 1. The summed E-state index contributed by atoms with van der Waals surface area (Å²) in [6.45, 7) is 2.08. The van der Waals surface area contributed by atoms with Crippen LogP contribution in [0.2, 0.25) is 0 Å². The largest absolute Gasteiger partial charge is 0.493 e. The maximum absolute atomic E-state index is 12.9. The number of carbonyl (C=O) groups is 1. The van der Waals surface area contributed by atoms with Gasteiger partial charge in [-0.15, -0.1) is 0 Å². The molecule has 0 saturated carbocycles. The lowest BCUT2D eigenvalue weighted by atomic mass is 10.1. The molecule has 1 amide bonds. The Morgan fingerprint density at radius 1 is 1.11 bits per heavy atom. The summed E-state index contributed by atoms with van der Waals surface area (Å²) in [5.74, 6) is 1.61. The number of pyridine rings is 1. The summed E-state index contributed by atoms with van der Waals surface area (Å²) in [7, 11) is 3.14. The molecule has 0 saturated heterocycles. The van der Waals surface area contributed by atoms with Gasteiger partial charge in [0.2, 0.25) is 0 Å². The summed E-state index contributed by atoms with van der Waals surface area (Å²) in [5.41, 5.74) is 3.70. The van der Waals surface area contributed by atoms with Crippen LogP contribution in [-0.2, 0) is 4.79 Å². The first kappa shape index (κ1) is 17.9. The Hall–Kier alpha value is -3.54. The zero-order valence-corrected chi connectivity index (χ0v) is 15.9. The maximum atomic E-state index is 12.9. The number of nitrogens with zero attached hydrogens (tertiary/aromatic N) is 1. The van der Waals surface area contributed by atoms with E-state index in [1.165, 1.54) is 0 Å². The van der Waals surface area contributed by atoms with E-state index in [2.05, 4.69) is 10.3 Å². The van der Waals surface area contributed by atoms with Gasteiger partial charge in [0, 0.05) is 22.7 Å². The molecule has 1 aliphatic heterocycles. The number of rotatable bonds is 4. The molecular weight excluding hydrogens is 356 g/mol. The summed E-state index contributed by atoms with van der Waals surface area (Å²) in [6, 6.07) is 13.1. The van der Waals surface area contributed by atoms with Gasteiger partial charge in [-0.3, -0.25) is 9.78 Å². The molecular formula is C22H20N2O4. The van der Waals surface area contributed by atoms with Crippen LogP contribution in [-0.4, -0.2) is 31.7 Å². The highest BCUT2D eigenvalue weighted by molar-refractivity contribution is 6.11. The molecule has 28 heavy (non-hydrogen) atoms. The van der Waals surface area contributed by atoms with E-state index in [1.807, 2.05) is 43.3 Å². The van der Waals surface area contributed by atoms with Crippen molar-refractivity contribution in [1.29, 1.82) is 0 Å². The molecule has 142 valence electrons. The van der Waals surface area contributed by atoms with Crippen molar-refractivity contribution in [1.82, 2.24) is 4.98 Å².